The fourth-order valence-electron chi connectivity index (χ4n) is 2.76. The number of nitrogens with zero attached hydrogens (tertiary/aromatic N) is 2. The molecular weight excluding hydrogens is 222 g/mol. The van der Waals surface area contributed by atoms with Crippen LogP contribution in [0, 0.1) is 0 Å². The largest absolute Gasteiger partial charge is 0.324 e. The van der Waals surface area contributed by atoms with Crippen LogP contribution in [0.25, 0.3) is 0 Å². The second-order valence-corrected chi connectivity index (χ2v) is 5.21. The Kier molecular flexibility index (Phi) is 2.92. The van der Waals surface area contributed by atoms with Crippen molar-refractivity contribution < 1.29 is 0 Å². The van der Waals surface area contributed by atoms with Crippen LogP contribution >= 0.6 is 0 Å². The first-order chi connectivity index (χ1) is 8.72. The molecule has 0 spiro atoms. The van der Waals surface area contributed by atoms with E-state index in [4.69, 9.17) is 5.73 Å². The van der Waals surface area contributed by atoms with Crippen LogP contribution in [0.4, 0.5) is 0 Å². The van der Waals surface area contributed by atoms with Gasteiger partial charge < -0.3 is 5.73 Å². The highest BCUT2D eigenvalue weighted by atomic mass is 15.2. The van der Waals surface area contributed by atoms with Crippen LogP contribution in [0.3, 0.4) is 0 Å². The molecule has 1 aromatic heterocycles. The molecule has 1 unspecified atom stereocenters. The van der Waals surface area contributed by atoms with Gasteiger partial charge in [0.15, 0.2) is 0 Å². The van der Waals surface area contributed by atoms with Crippen molar-refractivity contribution in [1.82, 2.24) is 9.78 Å². The fraction of sp³-hybridized carbons (Fsp3) is 0.400. The highest BCUT2D eigenvalue weighted by molar-refractivity contribution is 5.36. The van der Waals surface area contributed by atoms with Crippen molar-refractivity contribution in [3.63, 3.8) is 0 Å². The van der Waals surface area contributed by atoms with E-state index < -0.39 is 0 Å². The van der Waals surface area contributed by atoms with Gasteiger partial charge in [-0.05, 0) is 42.4 Å². The Labute approximate surface area is 108 Å². The maximum Gasteiger partial charge on any atom is 0.0537 e. The number of benzene rings is 1. The van der Waals surface area contributed by atoms with Crippen LogP contribution < -0.4 is 5.73 Å². The van der Waals surface area contributed by atoms with Crippen LogP contribution in [0.15, 0.2) is 30.6 Å². The number of nitrogens with two attached hydrogens (primary N) is 1. The van der Waals surface area contributed by atoms with Crippen LogP contribution in [-0.2, 0) is 26.3 Å². The van der Waals surface area contributed by atoms with Gasteiger partial charge in [0.1, 0.15) is 0 Å². The van der Waals surface area contributed by atoms with E-state index in [0.717, 1.165) is 12.0 Å². The Morgan fingerprint density at radius 3 is 2.94 bits per heavy atom. The van der Waals surface area contributed by atoms with Crippen molar-refractivity contribution in [2.75, 3.05) is 0 Å². The van der Waals surface area contributed by atoms with Gasteiger partial charge in [-0.3, -0.25) is 4.68 Å². The maximum absolute atomic E-state index is 6.23. The number of rotatable bonds is 3. The summed E-state index contributed by atoms with van der Waals surface area (Å²) in [7, 11) is 1.92. The predicted molar refractivity (Wildman–Crippen MR) is 72.3 cm³/mol. The average Bonchev–Trinajstić information content (AvgIpc) is 2.96. The molecule has 3 heteroatoms. The zero-order valence-corrected chi connectivity index (χ0v) is 10.8. The van der Waals surface area contributed by atoms with Crippen molar-refractivity contribution in [3.8, 4) is 0 Å². The normalized spacial score (nSPS) is 15.7. The van der Waals surface area contributed by atoms with Gasteiger partial charge in [-0.1, -0.05) is 18.2 Å². The van der Waals surface area contributed by atoms with Gasteiger partial charge in [0.2, 0.25) is 0 Å². The van der Waals surface area contributed by atoms with Gasteiger partial charge in [-0.2, -0.15) is 5.10 Å². The van der Waals surface area contributed by atoms with E-state index in [-0.39, 0.29) is 6.04 Å². The lowest BCUT2D eigenvalue weighted by Gasteiger charge is -2.11. The standard InChI is InChI=1S/C15H19N3/c1-18-10-14(9-17-18)15(16)8-11-5-6-12-3-2-4-13(12)7-11/h5-7,9-10,15H,2-4,8,16H2,1H3. The second kappa shape index (κ2) is 4.58. The zero-order valence-electron chi connectivity index (χ0n) is 10.8. The van der Waals surface area contributed by atoms with Gasteiger partial charge in [0.25, 0.3) is 0 Å². The Hall–Kier alpha value is -1.61. The molecule has 0 amide bonds. The van der Waals surface area contributed by atoms with Gasteiger partial charge >= 0.3 is 0 Å². The van der Waals surface area contributed by atoms with Crippen LogP contribution in [0.5, 0.6) is 0 Å². The second-order valence-electron chi connectivity index (χ2n) is 5.21. The molecule has 1 aromatic carbocycles. The Bertz CT molecular complexity index is 557. The summed E-state index contributed by atoms with van der Waals surface area (Å²) in [5.74, 6) is 0. The summed E-state index contributed by atoms with van der Waals surface area (Å²) in [4.78, 5) is 0. The van der Waals surface area contributed by atoms with Crippen molar-refractivity contribution in [3.05, 3.63) is 52.8 Å². The third-order valence-electron chi connectivity index (χ3n) is 3.77. The minimum absolute atomic E-state index is 0.0400. The highest BCUT2D eigenvalue weighted by Crippen LogP contribution is 2.24. The molecule has 0 fully saturated rings. The van der Waals surface area contributed by atoms with Crippen LogP contribution in [0.2, 0.25) is 0 Å². The molecule has 1 heterocycles. The number of hydrogen-bond donors (Lipinski definition) is 1. The van der Waals surface area contributed by atoms with Crippen LogP contribution in [-0.4, -0.2) is 9.78 Å². The Morgan fingerprint density at radius 1 is 1.33 bits per heavy atom. The van der Waals surface area contributed by atoms with Gasteiger partial charge in [0.05, 0.1) is 6.20 Å². The van der Waals surface area contributed by atoms with Gasteiger partial charge in [-0.25, -0.2) is 0 Å². The predicted octanol–water partition coefficient (Wildman–Crippen LogP) is 2.15. The van der Waals surface area contributed by atoms with E-state index >= 15 is 0 Å². The topological polar surface area (TPSA) is 43.8 Å². The van der Waals surface area contributed by atoms with E-state index in [2.05, 4.69) is 23.3 Å². The van der Waals surface area contributed by atoms with Gasteiger partial charge in [0, 0.05) is 24.8 Å². The molecule has 3 rings (SSSR count). The van der Waals surface area contributed by atoms with E-state index in [1.165, 1.54) is 36.0 Å². The fourth-order valence-corrected chi connectivity index (χ4v) is 2.76. The molecule has 1 atom stereocenters. The molecular formula is C15H19N3. The molecule has 18 heavy (non-hydrogen) atoms. The first kappa shape index (κ1) is 11.5. The monoisotopic (exact) mass is 241 g/mol. The lowest BCUT2D eigenvalue weighted by molar-refractivity contribution is 0.716. The lowest BCUT2D eigenvalue weighted by atomic mass is 9.99. The van der Waals surface area contributed by atoms with Crippen molar-refractivity contribution in [2.24, 2.45) is 12.8 Å². The molecule has 0 radical (unpaired) electrons. The number of fused-ring (bicyclic) bond motifs is 1. The minimum Gasteiger partial charge on any atom is -0.324 e. The summed E-state index contributed by atoms with van der Waals surface area (Å²) in [5.41, 5.74) is 11.7. The molecule has 0 aliphatic heterocycles. The smallest absolute Gasteiger partial charge is 0.0537 e. The number of hydrogen-bond acceptors (Lipinski definition) is 2. The SMILES string of the molecule is Cn1cc(C(N)Cc2ccc3c(c2)CCC3)cn1. The summed E-state index contributed by atoms with van der Waals surface area (Å²) in [6, 6.07) is 6.87. The molecule has 1 aliphatic rings. The molecule has 0 saturated heterocycles. The molecule has 0 bridgehead atoms. The molecule has 2 aromatic rings. The minimum atomic E-state index is 0.0400. The first-order valence-corrected chi connectivity index (χ1v) is 6.57. The number of aromatic nitrogens is 2. The van der Waals surface area contributed by atoms with Crippen LogP contribution in [0.1, 0.15) is 34.7 Å². The molecule has 3 nitrogen and oxygen atoms in total. The summed E-state index contributed by atoms with van der Waals surface area (Å²) in [6.45, 7) is 0. The van der Waals surface area contributed by atoms with E-state index in [1.807, 2.05) is 19.4 Å². The van der Waals surface area contributed by atoms with E-state index in [1.54, 1.807) is 4.68 Å². The van der Waals surface area contributed by atoms with Crippen molar-refractivity contribution in [2.45, 2.75) is 31.7 Å². The third kappa shape index (κ3) is 2.18. The summed E-state index contributed by atoms with van der Waals surface area (Å²) in [5, 5.41) is 4.17. The van der Waals surface area contributed by atoms with Gasteiger partial charge in [-0.15, -0.1) is 0 Å². The molecule has 94 valence electrons. The van der Waals surface area contributed by atoms with E-state index in [9.17, 15) is 0 Å². The molecule has 1 aliphatic carbocycles. The van der Waals surface area contributed by atoms with Crippen molar-refractivity contribution in [1.29, 1.82) is 0 Å². The Morgan fingerprint density at radius 2 is 2.17 bits per heavy atom. The Balaban J connectivity index is 1.76. The zero-order chi connectivity index (χ0) is 12.5. The first-order valence-electron chi connectivity index (χ1n) is 6.57. The summed E-state index contributed by atoms with van der Waals surface area (Å²) >= 11 is 0. The average molecular weight is 241 g/mol. The summed E-state index contributed by atoms with van der Waals surface area (Å²) < 4.78 is 1.80. The lowest BCUT2D eigenvalue weighted by Crippen LogP contribution is -2.12. The molecule has 2 N–H and O–H groups in total. The quantitative estimate of drug-likeness (QED) is 0.895. The molecule has 0 saturated carbocycles. The van der Waals surface area contributed by atoms with E-state index in [0.29, 0.717) is 0 Å². The highest BCUT2D eigenvalue weighted by Gasteiger charge is 2.13. The summed E-state index contributed by atoms with van der Waals surface area (Å²) in [6.07, 6.45) is 8.51. The third-order valence-corrected chi connectivity index (χ3v) is 3.77. The maximum atomic E-state index is 6.23. The van der Waals surface area contributed by atoms with Crippen molar-refractivity contribution >= 4 is 0 Å². The number of aryl methyl sites for hydroxylation is 3.